The van der Waals surface area contributed by atoms with E-state index in [-0.39, 0.29) is 5.56 Å². The molecule has 0 saturated carbocycles. The third-order valence-corrected chi connectivity index (χ3v) is 2.78. The van der Waals surface area contributed by atoms with E-state index >= 15 is 0 Å². The minimum Gasteiger partial charge on any atom is -0.478 e. The maximum absolute atomic E-state index is 11.1. The average molecular weight is 262 g/mol. The number of nitrogens with one attached hydrogen (secondary N) is 1. The van der Waals surface area contributed by atoms with Gasteiger partial charge in [-0.1, -0.05) is 17.7 Å². The highest BCUT2D eigenvalue weighted by molar-refractivity contribution is 6.30. The summed E-state index contributed by atoms with van der Waals surface area (Å²) in [6, 6.07) is 12.3. The van der Waals surface area contributed by atoms with Crippen molar-refractivity contribution >= 4 is 28.9 Å². The number of aromatic carboxylic acids is 1. The molecule has 0 atom stereocenters. The number of hydrogen-bond acceptors (Lipinski definition) is 2. The highest BCUT2D eigenvalue weighted by atomic mass is 35.5. The summed E-state index contributed by atoms with van der Waals surface area (Å²) in [6.45, 7) is 1.92. The molecule has 0 aliphatic heterocycles. The smallest absolute Gasteiger partial charge is 0.337 e. The van der Waals surface area contributed by atoms with E-state index in [1.165, 1.54) is 0 Å². The van der Waals surface area contributed by atoms with Gasteiger partial charge >= 0.3 is 5.97 Å². The maximum atomic E-state index is 11.1. The van der Waals surface area contributed by atoms with E-state index < -0.39 is 5.97 Å². The second kappa shape index (κ2) is 5.10. The molecule has 0 saturated heterocycles. The van der Waals surface area contributed by atoms with Gasteiger partial charge in [-0.15, -0.1) is 0 Å². The van der Waals surface area contributed by atoms with Crippen LogP contribution in [0.4, 0.5) is 11.4 Å². The summed E-state index contributed by atoms with van der Waals surface area (Å²) in [4.78, 5) is 11.1. The number of aryl methyl sites for hydroxylation is 1. The third-order valence-electron chi connectivity index (χ3n) is 2.53. The lowest BCUT2D eigenvalue weighted by atomic mass is 10.1. The van der Waals surface area contributed by atoms with Crippen molar-refractivity contribution in [1.82, 2.24) is 0 Å². The molecule has 0 radical (unpaired) electrons. The first-order chi connectivity index (χ1) is 8.56. The Hall–Kier alpha value is -2.00. The molecule has 4 heteroatoms. The van der Waals surface area contributed by atoms with Gasteiger partial charge < -0.3 is 10.4 Å². The van der Waals surface area contributed by atoms with Gasteiger partial charge in [0.2, 0.25) is 0 Å². The quantitative estimate of drug-likeness (QED) is 0.875. The molecule has 2 aromatic rings. The Kier molecular flexibility index (Phi) is 3.53. The minimum absolute atomic E-state index is 0.246. The summed E-state index contributed by atoms with van der Waals surface area (Å²) in [6.07, 6.45) is 0. The molecule has 0 aromatic heterocycles. The summed E-state index contributed by atoms with van der Waals surface area (Å²) < 4.78 is 0. The van der Waals surface area contributed by atoms with Crippen molar-refractivity contribution in [3.63, 3.8) is 0 Å². The lowest BCUT2D eigenvalue weighted by molar-refractivity contribution is 0.0698. The van der Waals surface area contributed by atoms with Gasteiger partial charge in [0.1, 0.15) is 0 Å². The van der Waals surface area contributed by atoms with Crippen LogP contribution in [0.2, 0.25) is 5.02 Å². The molecule has 3 nitrogen and oxygen atoms in total. The summed E-state index contributed by atoms with van der Waals surface area (Å²) in [5, 5.41) is 12.8. The number of hydrogen-bond donors (Lipinski definition) is 2. The topological polar surface area (TPSA) is 49.3 Å². The van der Waals surface area contributed by atoms with Gasteiger partial charge in [-0.05, 0) is 48.9 Å². The summed E-state index contributed by atoms with van der Waals surface area (Å²) in [5.74, 6) is -0.952. The Bertz CT molecular complexity index is 579. The van der Waals surface area contributed by atoms with Crippen molar-refractivity contribution in [1.29, 1.82) is 0 Å². The second-order valence-corrected chi connectivity index (χ2v) is 4.42. The van der Waals surface area contributed by atoms with E-state index in [4.69, 9.17) is 16.7 Å². The van der Waals surface area contributed by atoms with E-state index in [0.717, 1.165) is 11.3 Å². The van der Waals surface area contributed by atoms with Crippen molar-refractivity contribution in [3.05, 3.63) is 58.6 Å². The molecule has 0 spiro atoms. The maximum Gasteiger partial charge on any atom is 0.337 e. The largest absolute Gasteiger partial charge is 0.478 e. The first-order valence-corrected chi connectivity index (χ1v) is 5.80. The summed E-state index contributed by atoms with van der Waals surface area (Å²) in [5.41, 5.74) is 2.62. The molecule has 0 fully saturated rings. The molecule has 0 heterocycles. The first-order valence-electron chi connectivity index (χ1n) is 5.43. The SMILES string of the molecule is Cc1ccc(C(=O)O)c(Nc2ccc(Cl)cc2)c1. The Balaban J connectivity index is 2.35. The Morgan fingerprint density at radius 2 is 1.83 bits per heavy atom. The molecular weight excluding hydrogens is 250 g/mol. The fourth-order valence-electron chi connectivity index (χ4n) is 1.64. The normalized spacial score (nSPS) is 10.1. The van der Waals surface area contributed by atoms with Crippen LogP contribution in [0.15, 0.2) is 42.5 Å². The highest BCUT2D eigenvalue weighted by Crippen LogP contribution is 2.23. The molecule has 2 rings (SSSR count). The number of halogens is 1. The van der Waals surface area contributed by atoms with E-state index in [9.17, 15) is 4.79 Å². The molecule has 92 valence electrons. The zero-order valence-electron chi connectivity index (χ0n) is 9.77. The standard InChI is InChI=1S/C14H12ClNO2/c1-9-2-7-12(14(17)18)13(8-9)16-11-5-3-10(15)4-6-11/h2-8,16H,1H3,(H,17,18). The fraction of sp³-hybridized carbons (Fsp3) is 0.0714. The van der Waals surface area contributed by atoms with Crippen LogP contribution in [0.25, 0.3) is 0 Å². The van der Waals surface area contributed by atoms with Gasteiger partial charge in [0.15, 0.2) is 0 Å². The van der Waals surface area contributed by atoms with Crippen molar-refractivity contribution in [2.75, 3.05) is 5.32 Å². The van der Waals surface area contributed by atoms with Crippen molar-refractivity contribution in [2.45, 2.75) is 6.92 Å². The molecule has 2 N–H and O–H groups in total. The number of rotatable bonds is 3. The van der Waals surface area contributed by atoms with E-state index in [1.807, 2.05) is 6.92 Å². The Labute approximate surface area is 110 Å². The average Bonchev–Trinajstić information content (AvgIpc) is 2.32. The van der Waals surface area contributed by atoms with Crippen LogP contribution in [0.3, 0.4) is 0 Å². The van der Waals surface area contributed by atoms with E-state index in [0.29, 0.717) is 10.7 Å². The molecule has 0 unspecified atom stereocenters. The third kappa shape index (κ3) is 2.81. The van der Waals surface area contributed by atoms with Crippen LogP contribution in [-0.4, -0.2) is 11.1 Å². The van der Waals surface area contributed by atoms with Gasteiger partial charge in [-0.25, -0.2) is 4.79 Å². The van der Waals surface area contributed by atoms with Crippen LogP contribution in [-0.2, 0) is 0 Å². The van der Waals surface area contributed by atoms with E-state index in [1.54, 1.807) is 42.5 Å². The summed E-state index contributed by atoms with van der Waals surface area (Å²) >= 11 is 5.80. The van der Waals surface area contributed by atoms with Crippen molar-refractivity contribution in [3.8, 4) is 0 Å². The van der Waals surface area contributed by atoms with Crippen LogP contribution < -0.4 is 5.32 Å². The van der Waals surface area contributed by atoms with Gasteiger partial charge in [-0.3, -0.25) is 0 Å². The number of carbonyl (C=O) groups is 1. The molecule has 0 bridgehead atoms. The number of carboxylic acid groups (broad SMARTS) is 1. The Morgan fingerprint density at radius 1 is 1.17 bits per heavy atom. The molecule has 18 heavy (non-hydrogen) atoms. The first kappa shape index (κ1) is 12.5. The predicted octanol–water partition coefficient (Wildman–Crippen LogP) is 4.09. The Morgan fingerprint density at radius 3 is 2.44 bits per heavy atom. The molecule has 0 amide bonds. The van der Waals surface area contributed by atoms with Gasteiger partial charge in [-0.2, -0.15) is 0 Å². The van der Waals surface area contributed by atoms with Crippen LogP contribution in [0.1, 0.15) is 15.9 Å². The predicted molar refractivity (Wildman–Crippen MR) is 72.9 cm³/mol. The lowest BCUT2D eigenvalue weighted by Gasteiger charge is -2.10. The highest BCUT2D eigenvalue weighted by Gasteiger charge is 2.09. The number of anilines is 2. The minimum atomic E-state index is -0.952. The number of benzene rings is 2. The van der Waals surface area contributed by atoms with Crippen molar-refractivity contribution in [2.24, 2.45) is 0 Å². The zero-order valence-corrected chi connectivity index (χ0v) is 10.5. The molecule has 0 aliphatic rings. The van der Waals surface area contributed by atoms with Crippen molar-refractivity contribution < 1.29 is 9.90 Å². The van der Waals surface area contributed by atoms with Gasteiger partial charge in [0.25, 0.3) is 0 Å². The van der Waals surface area contributed by atoms with Crippen LogP contribution in [0, 0.1) is 6.92 Å². The van der Waals surface area contributed by atoms with Gasteiger partial charge in [0.05, 0.1) is 11.3 Å². The second-order valence-electron chi connectivity index (χ2n) is 3.99. The molecule has 0 aliphatic carbocycles. The monoisotopic (exact) mass is 261 g/mol. The molecule has 2 aromatic carbocycles. The zero-order chi connectivity index (χ0) is 13.1. The summed E-state index contributed by atoms with van der Waals surface area (Å²) in [7, 11) is 0. The van der Waals surface area contributed by atoms with E-state index in [2.05, 4.69) is 5.32 Å². The fourth-order valence-corrected chi connectivity index (χ4v) is 1.76. The lowest BCUT2D eigenvalue weighted by Crippen LogP contribution is -2.02. The van der Waals surface area contributed by atoms with Crippen LogP contribution in [0.5, 0.6) is 0 Å². The molecular formula is C14H12ClNO2. The van der Waals surface area contributed by atoms with Gasteiger partial charge in [0, 0.05) is 10.7 Å². The number of carboxylic acids is 1. The van der Waals surface area contributed by atoms with Crippen LogP contribution >= 0.6 is 11.6 Å².